The summed E-state index contributed by atoms with van der Waals surface area (Å²) in [6, 6.07) is 9.16. The number of anilines is 2. The molecule has 5 nitrogen and oxygen atoms in total. The average molecular weight is 409 g/mol. The summed E-state index contributed by atoms with van der Waals surface area (Å²) in [6.45, 7) is 2.20. The van der Waals surface area contributed by atoms with E-state index in [0.717, 1.165) is 15.7 Å². The zero-order valence-corrected chi connectivity index (χ0v) is 15.3. The van der Waals surface area contributed by atoms with Gasteiger partial charge in [0.2, 0.25) is 11.8 Å². The Kier molecular flexibility index (Phi) is 4.87. The normalized spacial score (nSPS) is 17.2. The molecule has 0 aliphatic carbocycles. The van der Waals surface area contributed by atoms with Crippen molar-refractivity contribution in [2.45, 2.75) is 13.3 Å². The van der Waals surface area contributed by atoms with Crippen LogP contribution in [0.2, 0.25) is 5.15 Å². The maximum absolute atomic E-state index is 12.5. The number of pyridine rings is 1. The molecule has 1 fully saturated rings. The fraction of sp³-hybridized carbons (Fsp3) is 0.235. The number of hydrogen-bond donors (Lipinski definition) is 1. The second kappa shape index (κ2) is 6.91. The maximum Gasteiger partial charge on any atom is 0.229 e. The monoisotopic (exact) mass is 407 g/mol. The number of halogens is 2. The van der Waals surface area contributed by atoms with Gasteiger partial charge in [-0.05, 0) is 46.6 Å². The number of aromatic nitrogens is 1. The third kappa shape index (κ3) is 3.44. The van der Waals surface area contributed by atoms with Crippen molar-refractivity contribution in [2.75, 3.05) is 16.8 Å². The van der Waals surface area contributed by atoms with E-state index in [1.165, 1.54) is 6.20 Å². The fourth-order valence-corrected chi connectivity index (χ4v) is 3.39. The van der Waals surface area contributed by atoms with E-state index in [1.54, 1.807) is 11.0 Å². The Bertz CT molecular complexity index is 812. The van der Waals surface area contributed by atoms with Crippen LogP contribution in [0.3, 0.4) is 0 Å². The molecule has 2 heterocycles. The number of aryl methyl sites for hydroxylation is 1. The minimum atomic E-state index is -0.403. The number of carbonyl (C=O) groups excluding carboxylic acids is 2. The highest BCUT2D eigenvalue weighted by molar-refractivity contribution is 9.10. The van der Waals surface area contributed by atoms with Gasteiger partial charge in [0.25, 0.3) is 0 Å². The van der Waals surface area contributed by atoms with Gasteiger partial charge in [0.05, 0.1) is 23.5 Å². The topological polar surface area (TPSA) is 62.3 Å². The summed E-state index contributed by atoms with van der Waals surface area (Å²) in [5.74, 6) is -0.655. The lowest BCUT2D eigenvalue weighted by Crippen LogP contribution is -2.28. The molecule has 1 aromatic carbocycles. The molecule has 1 unspecified atom stereocenters. The van der Waals surface area contributed by atoms with Crippen molar-refractivity contribution in [1.29, 1.82) is 0 Å². The van der Waals surface area contributed by atoms with E-state index in [9.17, 15) is 9.59 Å². The number of benzene rings is 1. The largest absolute Gasteiger partial charge is 0.324 e. The highest BCUT2D eigenvalue weighted by atomic mass is 79.9. The molecule has 0 saturated carbocycles. The third-order valence-corrected chi connectivity index (χ3v) is 4.85. The lowest BCUT2D eigenvalue weighted by atomic mass is 10.1. The van der Waals surface area contributed by atoms with Crippen LogP contribution in [0.5, 0.6) is 0 Å². The van der Waals surface area contributed by atoms with E-state index < -0.39 is 5.92 Å². The number of nitrogens with zero attached hydrogens (tertiary/aromatic N) is 2. The van der Waals surface area contributed by atoms with Gasteiger partial charge in [0, 0.05) is 17.4 Å². The summed E-state index contributed by atoms with van der Waals surface area (Å²) in [4.78, 5) is 30.4. The van der Waals surface area contributed by atoms with E-state index in [2.05, 4.69) is 26.2 Å². The minimum Gasteiger partial charge on any atom is -0.324 e. The molecule has 1 atom stereocenters. The number of carbonyl (C=O) groups is 2. The molecular formula is C17H15BrClN3O2. The molecule has 0 radical (unpaired) electrons. The zero-order chi connectivity index (χ0) is 17.3. The van der Waals surface area contributed by atoms with Crippen molar-refractivity contribution in [3.63, 3.8) is 0 Å². The van der Waals surface area contributed by atoms with E-state index in [-0.39, 0.29) is 18.2 Å². The first-order valence-corrected chi connectivity index (χ1v) is 8.60. The summed E-state index contributed by atoms with van der Waals surface area (Å²) >= 11 is 9.27. The predicted molar refractivity (Wildman–Crippen MR) is 97.2 cm³/mol. The first kappa shape index (κ1) is 16.9. The summed E-state index contributed by atoms with van der Waals surface area (Å²) in [5, 5.41) is 3.21. The van der Waals surface area contributed by atoms with Crippen LogP contribution >= 0.6 is 27.5 Å². The van der Waals surface area contributed by atoms with Crippen molar-refractivity contribution in [2.24, 2.45) is 5.92 Å². The number of nitrogens with one attached hydrogen (secondary N) is 1. The van der Waals surface area contributed by atoms with E-state index >= 15 is 0 Å². The molecule has 2 amide bonds. The molecular weight excluding hydrogens is 394 g/mol. The van der Waals surface area contributed by atoms with Crippen molar-refractivity contribution < 1.29 is 9.59 Å². The maximum atomic E-state index is 12.5. The Morgan fingerprint density at radius 3 is 2.88 bits per heavy atom. The van der Waals surface area contributed by atoms with Crippen LogP contribution in [-0.2, 0) is 9.59 Å². The number of amides is 2. The number of para-hydroxylation sites is 1. The van der Waals surface area contributed by atoms with Crippen LogP contribution in [0.1, 0.15) is 12.0 Å². The Balaban J connectivity index is 1.73. The van der Waals surface area contributed by atoms with Crippen molar-refractivity contribution >= 4 is 50.7 Å². The first-order chi connectivity index (χ1) is 11.5. The second-order valence-corrected chi connectivity index (χ2v) is 6.91. The minimum absolute atomic E-state index is 0.0620. The molecule has 124 valence electrons. The molecule has 1 aliphatic heterocycles. The second-order valence-electron chi connectivity index (χ2n) is 5.67. The SMILES string of the molecule is Cc1cc(Cl)ncc1NC(=O)C1CC(=O)N(c2ccccc2Br)C1. The van der Waals surface area contributed by atoms with Crippen LogP contribution in [0.4, 0.5) is 11.4 Å². The van der Waals surface area contributed by atoms with E-state index in [0.29, 0.717) is 17.4 Å². The van der Waals surface area contributed by atoms with Crippen LogP contribution in [-0.4, -0.2) is 23.3 Å². The van der Waals surface area contributed by atoms with E-state index in [1.807, 2.05) is 31.2 Å². The molecule has 24 heavy (non-hydrogen) atoms. The molecule has 1 N–H and O–H groups in total. The number of hydrogen-bond acceptors (Lipinski definition) is 3. The molecule has 3 rings (SSSR count). The van der Waals surface area contributed by atoms with Crippen LogP contribution in [0.25, 0.3) is 0 Å². The van der Waals surface area contributed by atoms with Gasteiger partial charge < -0.3 is 10.2 Å². The smallest absolute Gasteiger partial charge is 0.229 e. The summed E-state index contributed by atoms with van der Waals surface area (Å²) in [7, 11) is 0. The van der Waals surface area contributed by atoms with Gasteiger partial charge in [-0.15, -0.1) is 0 Å². The van der Waals surface area contributed by atoms with Crippen LogP contribution in [0, 0.1) is 12.8 Å². The Morgan fingerprint density at radius 2 is 2.17 bits per heavy atom. The van der Waals surface area contributed by atoms with Gasteiger partial charge in [-0.1, -0.05) is 23.7 Å². The Hall–Kier alpha value is -1.92. The molecule has 2 aromatic rings. The molecule has 7 heteroatoms. The third-order valence-electron chi connectivity index (χ3n) is 3.97. The average Bonchev–Trinajstić information content (AvgIpc) is 2.92. The molecule has 1 saturated heterocycles. The van der Waals surface area contributed by atoms with Crippen LogP contribution < -0.4 is 10.2 Å². The van der Waals surface area contributed by atoms with Crippen LogP contribution in [0.15, 0.2) is 41.0 Å². The van der Waals surface area contributed by atoms with Gasteiger partial charge in [-0.2, -0.15) is 0 Å². The molecule has 0 bridgehead atoms. The highest BCUT2D eigenvalue weighted by Gasteiger charge is 2.35. The lowest BCUT2D eigenvalue weighted by molar-refractivity contribution is -0.122. The first-order valence-electron chi connectivity index (χ1n) is 7.43. The van der Waals surface area contributed by atoms with Gasteiger partial charge >= 0.3 is 0 Å². The summed E-state index contributed by atoms with van der Waals surface area (Å²) < 4.78 is 0.831. The summed E-state index contributed by atoms with van der Waals surface area (Å²) in [5.41, 5.74) is 2.22. The number of rotatable bonds is 3. The van der Waals surface area contributed by atoms with Gasteiger partial charge in [-0.25, -0.2) is 4.98 Å². The van der Waals surface area contributed by atoms with Crippen molar-refractivity contribution in [3.05, 3.63) is 51.7 Å². The quantitative estimate of drug-likeness (QED) is 0.786. The van der Waals surface area contributed by atoms with E-state index in [4.69, 9.17) is 11.6 Å². The standard InChI is InChI=1S/C17H15BrClN3O2/c1-10-6-15(19)20-8-13(10)21-17(24)11-7-16(23)22(9-11)14-5-3-2-4-12(14)18/h2-6,8,11H,7,9H2,1H3,(H,21,24). The fourth-order valence-electron chi connectivity index (χ4n) is 2.67. The van der Waals surface area contributed by atoms with Gasteiger partial charge in [0.1, 0.15) is 5.15 Å². The molecule has 1 aliphatic rings. The molecule has 1 aromatic heterocycles. The van der Waals surface area contributed by atoms with Crippen molar-refractivity contribution in [1.82, 2.24) is 4.98 Å². The Labute approximate surface area is 153 Å². The highest BCUT2D eigenvalue weighted by Crippen LogP contribution is 2.31. The zero-order valence-electron chi connectivity index (χ0n) is 12.9. The van der Waals surface area contributed by atoms with Crippen molar-refractivity contribution in [3.8, 4) is 0 Å². The van der Waals surface area contributed by atoms with Gasteiger partial charge in [-0.3, -0.25) is 9.59 Å². The summed E-state index contributed by atoms with van der Waals surface area (Å²) in [6.07, 6.45) is 1.71. The molecule has 0 spiro atoms. The van der Waals surface area contributed by atoms with Gasteiger partial charge in [0.15, 0.2) is 0 Å². The Morgan fingerprint density at radius 1 is 1.42 bits per heavy atom. The lowest BCUT2D eigenvalue weighted by Gasteiger charge is -2.18. The predicted octanol–water partition coefficient (Wildman–Crippen LogP) is 3.80.